The summed E-state index contributed by atoms with van der Waals surface area (Å²) in [5, 5.41) is 0. The molecule has 0 heterocycles. The lowest BCUT2D eigenvalue weighted by Gasteiger charge is -2.25. The maximum absolute atomic E-state index is 5.41. The Morgan fingerprint density at radius 2 is 2.00 bits per heavy atom. The van der Waals surface area contributed by atoms with Gasteiger partial charge in [-0.2, -0.15) is 0 Å². The second-order valence-electron chi connectivity index (χ2n) is 4.19. The molecule has 0 radical (unpaired) electrons. The number of rotatable bonds is 3. The van der Waals surface area contributed by atoms with E-state index in [4.69, 9.17) is 6.42 Å². The van der Waals surface area contributed by atoms with Crippen LogP contribution in [0.2, 0.25) is 0 Å². The van der Waals surface area contributed by atoms with E-state index in [2.05, 4.69) is 19.4 Å². The highest BCUT2D eigenvalue weighted by atomic mass is 14.2. The maximum atomic E-state index is 5.41. The second-order valence-corrected chi connectivity index (χ2v) is 4.19. The van der Waals surface area contributed by atoms with Gasteiger partial charge < -0.3 is 0 Å². The van der Waals surface area contributed by atoms with E-state index in [0.29, 0.717) is 5.92 Å². The molecule has 0 aromatic carbocycles. The molecule has 1 fully saturated rings. The third-order valence-electron chi connectivity index (χ3n) is 3.16. The average Bonchev–Trinajstić information content (AvgIpc) is 2.19. The van der Waals surface area contributed by atoms with Crippen molar-refractivity contribution in [3.05, 3.63) is 12.2 Å². The molecule has 0 aliphatic heterocycles. The Labute approximate surface area is 82.4 Å². The van der Waals surface area contributed by atoms with Gasteiger partial charge in [0, 0.05) is 5.92 Å². The number of terminal acetylenes is 1. The highest BCUT2D eigenvalue weighted by Crippen LogP contribution is 2.32. The van der Waals surface area contributed by atoms with E-state index in [-0.39, 0.29) is 0 Å². The summed E-state index contributed by atoms with van der Waals surface area (Å²) in [6.07, 6.45) is 12.9. The van der Waals surface area contributed by atoms with Crippen molar-refractivity contribution in [2.75, 3.05) is 0 Å². The van der Waals surface area contributed by atoms with Crippen LogP contribution in [0, 0.1) is 24.2 Å². The van der Waals surface area contributed by atoms with Gasteiger partial charge in [0.25, 0.3) is 0 Å². The summed E-state index contributed by atoms with van der Waals surface area (Å²) < 4.78 is 0. The van der Waals surface area contributed by atoms with Gasteiger partial charge in [0.15, 0.2) is 0 Å². The largest absolute Gasteiger partial charge is 0.120 e. The third kappa shape index (κ3) is 3.27. The minimum absolute atomic E-state index is 0.561. The standard InChI is InChI=1S/C13H20/c1-4-11(3)10-13-8-6-12(5-2)7-9-13/h2,12-13H,3-4,6-10H2,1H3. The topological polar surface area (TPSA) is 0 Å². The van der Waals surface area contributed by atoms with E-state index in [0.717, 1.165) is 12.3 Å². The van der Waals surface area contributed by atoms with E-state index < -0.39 is 0 Å². The van der Waals surface area contributed by atoms with Gasteiger partial charge in [-0.3, -0.25) is 0 Å². The van der Waals surface area contributed by atoms with E-state index in [1.54, 1.807) is 0 Å². The van der Waals surface area contributed by atoms with Crippen molar-refractivity contribution in [1.29, 1.82) is 0 Å². The van der Waals surface area contributed by atoms with Crippen molar-refractivity contribution in [2.45, 2.75) is 45.4 Å². The molecule has 1 aliphatic carbocycles. The van der Waals surface area contributed by atoms with E-state index in [1.807, 2.05) is 0 Å². The molecule has 1 aliphatic rings. The van der Waals surface area contributed by atoms with Crippen LogP contribution < -0.4 is 0 Å². The summed E-state index contributed by atoms with van der Waals surface area (Å²) in [7, 11) is 0. The van der Waals surface area contributed by atoms with Gasteiger partial charge in [-0.25, -0.2) is 0 Å². The normalized spacial score (nSPS) is 28.0. The van der Waals surface area contributed by atoms with Crippen LogP contribution in [-0.2, 0) is 0 Å². The lowest BCUT2D eigenvalue weighted by atomic mass is 9.79. The molecule has 0 amide bonds. The van der Waals surface area contributed by atoms with Crippen LogP contribution in [0.25, 0.3) is 0 Å². The fraction of sp³-hybridized carbons (Fsp3) is 0.692. The minimum atomic E-state index is 0.561. The van der Waals surface area contributed by atoms with Gasteiger partial charge in [-0.15, -0.1) is 12.3 Å². The van der Waals surface area contributed by atoms with Crippen molar-refractivity contribution in [1.82, 2.24) is 0 Å². The zero-order valence-electron chi connectivity index (χ0n) is 8.68. The number of hydrogen-bond donors (Lipinski definition) is 0. The monoisotopic (exact) mass is 176 g/mol. The number of hydrogen-bond acceptors (Lipinski definition) is 0. The van der Waals surface area contributed by atoms with Gasteiger partial charge >= 0.3 is 0 Å². The van der Waals surface area contributed by atoms with Crippen molar-refractivity contribution >= 4 is 0 Å². The molecule has 0 N–H and O–H groups in total. The summed E-state index contributed by atoms with van der Waals surface area (Å²) in [6.45, 7) is 6.26. The van der Waals surface area contributed by atoms with Gasteiger partial charge in [-0.1, -0.05) is 19.1 Å². The fourth-order valence-electron chi connectivity index (χ4n) is 2.09. The molecule has 0 nitrogen and oxygen atoms in total. The Bertz CT molecular complexity index is 199. The molecule has 13 heavy (non-hydrogen) atoms. The highest BCUT2D eigenvalue weighted by molar-refractivity contribution is 4.99. The third-order valence-corrected chi connectivity index (χ3v) is 3.16. The molecule has 0 unspecified atom stereocenters. The van der Waals surface area contributed by atoms with E-state index in [9.17, 15) is 0 Å². The molecular weight excluding hydrogens is 156 g/mol. The van der Waals surface area contributed by atoms with E-state index in [1.165, 1.54) is 37.7 Å². The Morgan fingerprint density at radius 1 is 1.38 bits per heavy atom. The zero-order chi connectivity index (χ0) is 9.68. The summed E-state index contributed by atoms with van der Waals surface area (Å²) in [4.78, 5) is 0. The summed E-state index contributed by atoms with van der Waals surface area (Å²) >= 11 is 0. The fourth-order valence-corrected chi connectivity index (χ4v) is 2.09. The maximum Gasteiger partial charge on any atom is 0.0200 e. The first-order valence-electron chi connectivity index (χ1n) is 5.39. The first kappa shape index (κ1) is 10.4. The Balaban J connectivity index is 2.26. The first-order chi connectivity index (χ1) is 6.26. The predicted octanol–water partition coefficient (Wildman–Crippen LogP) is 3.78. The van der Waals surface area contributed by atoms with Crippen LogP contribution in [-0.4, -0.2) is 0 Å². The van der Waals surface area contributed by atoms with Crippen LogP contribution in [0.4, 0.5) is 0 Å². The molecule has 0 heteroatoms. The van der Waals surface area contributed by atoms with Crippen LogP contribution in [0.5, 0.6) is 0 Å². The molecule has 0 aromatic rings. The van der Waals surface area contributed by atoms with Crippen molar-refractivity contribution in [2.24, 2.45) is 11.8 Å². The Kier molecular flexibility index (Phi) is 4.09. The highest BCUT2D eigenvalue weighted by Gasteiger charge is 2.19. The summed E-state index contributed by atoms with van der Waals surface area (Å²) in [5.74, 6) is 4.30. The minimum Gasteiger partial charge on any atom is -0.120 e. The quantitative estimate of drug-likeness (QED) is 0.453. The first-order valence-corrected chi connectivity index (χ1v) is 5.39. The summed E-state index contributed by atoms with van der Waals surface area (Å²) in [5.41, 5.74) is 1.41. The molecule has 1 saturated carbocycles. The average molecular weight is 176 g/mol. The molecular formula is C13H20. The van der Waals surface area contributed by atoms with Gasteiger partial charge in [0.05, 0.1) is 0 Å². The van der Waals surface area contributed by atoms with Crippen molar-refractivity contribution in [3.63, 3.8) is 0 Å². The number of allylic oxidation sites excluding steroid dienone is 1. The summed E-state index contributed by atoms with van der Waals surface area (Å²) in [6, 6.07) is 0. The molecule has 0 bridgehead atoms. The molecule has 1 rings (SSSR count). The lowest BCUT2D eigenvalue weighted by molar-refractivity contribution is 0.314. The van der Waals surface area contributed by atoms with Gasteiger partial charge in [-0.05, 0) is 44.4 Å². The molecule has 0 saturated heterocycles. The van der Waals surface area contributed by atoms with E-state index >= 15 is 0 Å². The second kappa shape index (κ2) is 5.12. The van der Waals surface area contributed by atoms with Crippen LogP contribution in [0.1, 0.15) is 45.4 Å². The SMILES string of the molecule is C#CC1CCC(CC(=C)CC)CC1. The van der Waals surface area contributed by atoms with Crippen LogP contribution in [0.15, 0.2) is 12.2 Å². The van der Waals surface area contributed by atoms with Crippen molar-refractivity contribution in [3.8, 4) is 12.3 Å². The molecule has 0 spiro atoms. The van der Waals surface area contributed by atoms with Gasteiger partial charge in [0.2, 0.25) is 0 Å². The van der Waals surface area contributed by atoms with Gasteiger partial charge in [0.1, 0.15) is 0 Å². The Morgan fingerprint density at radius 3 is 2.46 bits per heavy atom. The molecule has 0 aromatic heterocycles. The molecule has 72 valence electrons. The van der Waals surface area contributed by atoms with Crippen LogP contribution in [0.3, 0.4) is 0 Å². The predicted molar refractivity (Wildman–Crippen MR) is 58.3 cm³/mol. The van der Waals surface area contributed by atoms with Crippen LogP contribution >= 0.6 is 0 Å². The van der Waals surface area contributed by atoms with Crippen molar-refractivity contribution < 1.29 is 0 Å². The molecule has 0 atom stereocenters. The smallest absolute Gasteiger partial charge is 0.0200 e. The Hall–Kier alpha value is -0.700. The lowest BCUT2D eigenvalue weighted by Crippen LogP contribution is -2.13. The zero-order valence-corrected chi connectivity index (χ0v) is 8.68.